The molecule has 1 fully saturated rings. The maximum Gasteiger partial charge on any atom is 0.292 e. The zero-order chi connectivity index (χ0) is 13.9. The first kappa shape index (κ1) is 13.7. The van der Waals surface area contributed by atoms with Gasteiger partial charge in [-0.1, -0.05) is 36.7 Å². The highest BCUT2D eigenvalue weighted by Crippen LogP contribution is 2.68. The van der Waals surface area contributed by atoms with Crippen molar-refractivity contribution in [1.82, 2.24) is 0 Å². The minimum absolute atomic E-state index is 0.0131. The Hall–Kier alpha value is -0.710. The van der Waals surface area contributed by atoms with Gasteiger partial charge in [0.25, 0.3) is 5.92 Å². The van der Waals surface area contributed by atoms with Gasteiger partial charge in [0.1, 0.15) is 5.75 Å². The zero-order valence-electron chi connectivity index (χ0n) is 10.3. The average Bonchev–Trinajstić information content (AvgIpc) is 2.63. The summed E-state index contributed by atoms with van der Waals surface area (Å²) in [7, 11) is 0. The van der Waals surface area contributed by atoms with Gasteiger partial charge in [-0.2, -0.15) is 0 Å². The van der Waals surface area contributed by atoms with E-state index in [2.05, 4.69) is 15.9 Å². The molecule has 1 aromatic carbocycles. The Morgan fingerprint density at radius 1 is 1.28 bits per heavy atom. The fourth-order valence-corrected chi connectivity index (χ4v) is 2.89. The third-order valence-electron chi connectivity index (χ3n) is 3.67. The summed E-state index contributed by atoms with van der Waals surface area (Å²) in [5.41, 5.74) is -2.25. The van der Waals surface area contributed by atoms with E-state index in [9.17, 15) is 18.3 Å². The van der Waals surface area contributed by atoms with E-state index in [1.807, 2.05) is 13.8 Å². The number of rotatable bonds is 2. The van der Waals surface area contributed by atoms with Crippen molar-refractivity contribution in [3.05, 3.63) is 27.7 Å². The Morgan fingerprint density at radius 2 is 1.78 bits per heavy atom. The van der Waals surface area contributed by atoms with E-state index in [0.29, 0.717) is 5.56 Å². The number of halogens is 4. The fourth-order valence-electron chi connectivity index (χ4n) is 2.27. The molecular formula is C13H14BrF3O. The lowest BCUT2D eigenvalue weighted by atomic mass is 9.96. The van der Waals surface area contributed by atoms with Crippen molar-refractivity contribution in [2.75, 3.05) is 0 Å². The number of phenols is 1. The molecule has 1 nitrogen and oxygen atoms in total. The van der Waals surface area contributed by atoms with Gasteiger partial charge in [0.2, 0.25) is 5.67 Å². The second-order valence-electron chi connectivity index (χ2n) is 5.10. The van der Waals surface area contributed by atoms with Crippen molar-refractivity contribution in [2.24, 2.45) is 5.92 Å². The molecule has 1 saturated carbocycles. The first-order valence-electron chi connectivity index (χ1n) is 5.73. The Morgan fingerprint density at radius 3 is 2.17 bits per heavy atom. The Balaban J connectivity index is 2.57. The lowest BCUT2D eigenvalue weighted by Crippen LogP contribution is -2.11. The minimum Gasteiger partial charge on any atom is -0.508 e. The first-order valence-corrected chi connectivity index (χ1v) is 6.53. The second-order valence-corrected chi connectivity index (χ2v) is 5.96. The molecule has 0 radical (unpaired) electrons. The summed E-state index contributed by atoms with van der Waals surface area (Å²) in [5.74, 6) is -4.77. The summed E-state index contributed by atoms with van der Waals surface area (Å²) >= 11 is 3.05. The van der Waals surface area contributed by atoms with E-state index in [1.165, 1.54) is 19.1 Å². The standard InChI is InChI=1S/C13H14BrF3O/c1-6(2)8-4-9(10(14)5-11(8)18)12(15)7(3)13(12,16)17/h4-7,18H,1-3H3. The smallest absolute Gasteiger partial charge is 0.292 e. The Kier molecular flexibility index (Phi) is 2.96. The number of hydrogen-bond donors (Lipinski definition) is 1. The maximum absolute atomic E-state index is 14.4. The number of aromatic hydroxyl groups is 1. The lowest BCUT2D eigenvalue weighted by molar-refractivity contribution is 0.0388. The highest BCUT2D eigenvalue weighted by atomic mass is 79.9. The van der Waals surface area contributed by atoms with Gasteiger partial charge >= 0.3 is 0 Å². The molecule has 1 aliphatic rings. The Bertz CT molecular complexity index is 501. The van der Waals surface area contributed by atoms with Gasteiger partial charge < -0.3 is 5.11 Å². The van der Waals surface area contributed by atoms with Crippen molar-refractivity contribution in [3.63, 3.8) is 0 Å². The molecule has 0 aliphatic heterocycles. The van der Waals surface area contributed by atoms with Gasteiger partial charge in [-0.05, 0) is 23.6 Å². The molecule has 2 rings (SSSR count). The molecule has 100 valence electrons. The Labute approximate surface area is 112 Å². The molecule has 1 aromatic rings. The van der Waals surface area contributed by atoms with Crippen LogP contribution in [0.1, 0.15) is 37.8 Å². The first-order chi connectivity index (χ1) is 8.14. The summed E-state index contributed by atoms with van der Waals surface area (Å²) in [5, 5.41) is 9.73. The van der Waals surface area contributed by atoms with Crippen LogP contribution in [0.15, 0.2) is 16.6 Å². The van der Waals surface area contributed by atoms with Crippen LogP contribution in [0.25, 0.3) is 0 Å². The van der Waals surface area contributed by atoms with Gasteiger partial charge in [-0.3, -0.25) is 0 Å². The highest BCUT2D eigenvalue weighted by molar-refractivity contribution is 9.10. The molecule has 18 heavy (non-hydrogen) atoms. The lowest BCUT2D eigenvalue weighted by Gasteiger charge is -2.15. The second kappa shape index (κ2) is 3.89. The molecule has 0 heterocycles. The molecule has 2 unspecified atom stereocenters. The fraction of sp³-hybridized carbons (Fsp3) is 0.538. The van der Waals surface area contributed by atoms with E-state index in [0.717, 1.165) is 0 Å². The summed E-state index contributed by atoms with van der Waals surface area (Å²) in [6, 6.07) is 2.62. The van der Waals surface area contributed by atoms with E-state index in [1.54, 1.807) is 0 Å². The molecule has 0 bridgehead atoms. The van der Waals surface area contributed by atoms with Gasteiger partial charge in [0.15, 0.2) is 0 Å². The van der Waals surface area contributed by atoms with E-state index in [-0.39, 0.29) is 21.7 Å². The van der Waals surface area contributed by atoms with Crippen LogP contribution in [0.3, 0.4) is 0 Å². The van der Waals surface area contributed by atoms with Crippen LogP contribution in [-0.2, 0) is 5.67 Å². The highest BCUT2D eigenvalue weighted by Gasteiger charge is 2.81. The molecule has 2 atom stereocenters. The summed E-state index contributed by atoms with van der Waals surface area (Å²) in [6.45, 7) is 4.81. The molecule has 5 heteroatoms. The molecule has 0 spiro atoms. The van der Waals surface area contributed by atoms with E-state index < -0.39 is 17.5 Å². The molecular weight excluding hydrogens is 309 g/mol. The van der Waals surface area contributed by atoms with Gasteiger partial charge in [0, 0.05) is 10.0 Å². The normalized spacial score (nSPS) is 29.7. The van der Waals surface area contributed by atoms with Gasteiger partial charge in [-0.15, -0.1) is 0 Å². The third-order valence-corrected chi connectivity index (χ3v) is 4.33. The number of phenolic OH excluding ortho intramolecular Hbond substituents is 1. The number of hydrogen-bond acceptors (Lipinski definition) is 1. The summed E-state index contributed by atoms with van der Waals surface area (Å²) in [4.78, 5) is 0. The maximum atomic E-state index is 14.4. The minimum atomic E-state index is -3.35. The molecule has 0 aromatic heterocycles. The SMILES string of the molecule is CC(C)c1cc(C2(F)C(C)C2(F)F)c(Br)cc1O. The largest absolute Gasteiger partial charge is 0.508 e. The quantitative estimate of drug-likeness (QED) is 0.834. The molecule has 0 saturated heterocycles. The monoisotopic (exact) mass is 322 g/mol. The number of alkyl halides is 3. The van der Waals surface area contributed by atoms with E-state index >= 15 is 0 Å². The van der Waals surface area contributed by atoms with Crippen LogP contribution in [0.4, 0.5) is 13.2 Å². The van der Waals surface area contributed by atoms with Crippen LogP contribution < -0.4 is 0 Å². The van der Waals surface area contributed by atoms with Crippen LogP contribution in [-0.4, -0.2) is 11.0 Å². The topological polar surface area (TPSA) is 20.2 Å². The number of benzene rings is 1. The van der Waals surface area contributed by atoms with Crippen LogP contribution in [0.5, 0.6) is 5.75 Å². The predicted molar refractivity (Wildman–Crippen MR) is 66.8 cm³/mol. The summed E-state index contributed by atoms with van der Waals surface area (Å²) < 4.78 is 41.4. The van der Waals surface area contributed by atoms with Crippen LogP contribution >= 0.6 is 15.9 Å². The van der Waals surface area contributed by atoms with Crippen molar-refractivity contribution in [3.8, 4) is 5.75 Å². The van der Waals surface area contributed by atoms with E-state index in [4.69, 9.17) is 0 Å². The average molecular weight is 323 g/mol. The van der Waals surface area contributed by atoms with Gasteiger partial charge in [-0.25, -0.2) is 13.2 Å². The van der Waals surface area contributed by atoms with Crippen molar-refractivity contribution in [2.45, 2.75) is 38.3 Å². The van der Waals surface area contributed by atoms with Crippen LogP contribution in [0, 0.1) is 5.92 Å². The van der Waals surface area contributed by atoms with Crippen molar-refractivity contribution < 1.29 is 18.3 Å². The summed E-state index contributed by atoms with van der Waals surface area (Å²) in [6.07, 6.45) is 0. The zero-order valence-corrected chi connectivity index (χ0v) is 11.9. The molecule has 0 amide bonds. The molecule has 1 aliphatic carbocycles. The van der Waals surface area contributed by atoms with Crippen molar-refractivity contribution in [1.29, 1.82) is 0 Å². The van der Waals surface area contributed by atoms with Crippen molar-refractivity contribution >= 4 is 15.9 Å². The van der Waals surface area contributed by atoms with Gasteiger partial charge in [0.05, 0.1) is 5.92 Å². The van der Waals surface area contributed by atoms with Crippen LogP contribution in [0.2, 0.25) is 0 Å². The third kappa shape index (κ3) is 1.59. The predicted octanol–water partition coefficient (Wildman–Crippen LogP) is 4.73. The molecule has 1 N–H and O–H groups in total.